The lowest BCUT2D eigenvalue weighted by molar-refractivity contribution is -0.147. The summed E-state index contributed by atoms with van der Waals surface area (Å²) >= 11 is 1.60. The van der Waals surface area contributed by atoms with Crippen molar-refractivity contribution in [2.24, 2.45) is 5.41 Å². The normalized spacial score (nSPS) is 26.0. The molecule has 106 valence electrons. The van der Waals surface area contributed by atoms with Crippen LogP contribution in [0.5, 0.6) is 0 Å². The molecule has 3 rings (SSSR count). The fraction of sp³-hybridized carbons (Fsp3) is 0.500. The first-order chi connectivity index (χ1) is 9.52. The van der Waals surface area contributed by atoms with Crippen molar-refractivity contribution in [3.05, 3.63) is 17.3 Å². The van der Waals surface area contributed by atoms with E-state index in [4.69, 9.17) is 0 Å². The van der Waals surface area contributed by atoms with E-state index in [0.29, 0.717) is 6.42 Å². The SMILES string of the molecule is Cc1csc2c(NC3CCCC3(C)C(=O)O)ncnc12. The zero-order valence-corrected chi connectivity index (χ0v) is 12.3. The van der Waals surface area contributed by atoms with Crippen LogP contribution >= 0.6 is 11.3 Å². The first-order valence-corrected chi connectivity index (χ1v) is 7.59. The third-order valence-corrected chi connectivity index (χ3v) is 5.38. The van der Waals surface area contributed by atoms with Gasteiger partial charge in [-0.25, -0.2) is 9.97 Å². The number of aryl methyl sites for hydroxylation is 1. The van der Waals surface area contributed by atoms with E-state index in [2.05, 4.69) is 20.7 Å². The van der Waals surface area contributed by atoms with Crippen molar-refractivity contribution >= 4 is 33.3 Å². The molecule has 2 N–H and O–H groups in total. The third-order valence-electron chi connectivity index (χ3n) is 4.29. The Morgan fingerprint density at radius 1 is 1.55 bits per heavy atom. The summed E-state index contributed by atoms with van der Waals surface area (Å²) in [6, 6.07) is -0.0829. The van der Waals surface area contributed by atoms with Crippen LogP contribution in [0.15, 0.2) is 11.7 Å². The van der Waals surface area contributed by atoms with E-state index in [1.807, 2.05) is 13.8 Å². The summed E-state index contributed by atoms with van der Waals surface area (Å²) in [5, 5.41) is 14.9. The number of fused-ring (bicyclic) bond motifs is 1. The number of hydrogen-bond acceptors (Lipinski definition) is 5. The number of carbonyl (C=O) groups is 1. The van der Waals surface area contributed by atoms with Gasteiger partial charge in [-0.05, 0) is 37.6 Å². The first kappa shape index (κ1) is 13.3. The molecule has 2 atom stereocenters. The number of aromatic nitrogens is 2. The minimum atomic E-state index is -0.736. The van der Waals surface area contributed by atoms with Gasteiger partial charge in [-0.1, -0.05) is 6.42 Å². The molecule has 5 nitrogen and oxygen atoms in total. The number of rotatable bonds is 3. The fourth-order valence-corrected chi connectivity index (χ4v) is 3.85. The van der Waals surface area contributed by atoms with Crippen LogP contribution in [0.25, 0.3) is 10.2 Å². The van der Waals surface area contributed by atoms with E-state index in [9.17, 15) is 9.90 Å². The number of carboxylic acid groups (broad SMARTS) is 1. The summed E-state index contributed by atoms with van der Waals surface area (Å²) in [6.07, 6.45) is 4.03. The van der Waals surface area contributed by atoms with E-state index in [0.717, 1.165) is 34.4 Å². The number of thiophene rings is 1. The van der Waals surface area contributed by atoms with Crippen molar-refractivity contribution in [1.29, 1.82) is 0 Å². The highest BCUT2D eigenvalue weighted by molar-refractivity contribution is 7.18. The number of hydrogen-bond donors (Lipinski definition) is 2. The zero-order chi connectivity index (χ0) is 14.3. The van der Waals surface area contributed by atoms with Gasteiger partial charge < -0.3 is 10.4 Å². The molecule has 0 spiro atoms. The molecule has 2 aromatic heterocycles. The second-order valence-corrected chi connectivity index (χ2v) is 6.51. The lowest BCUT2D eigenvalue weighted by atomic mass is 9.85. The molecule has 0 radical (unpaired) electrons. The lowest BCUT2D eigenvalue weighted by Gasteiger charge is -2.28. The van der Waals surface area contributed by atoms with Gasteiger partial charge in [-0.2, -0.15) is 0 Å². The van der Waals surface area contributed by atoms with Gasteiger partial charge in [0, 0.05) is 6.04 Å². The van der Waals surface area contributed by atoms with E-state index in [1.165, 1.54) is 6.33 Å². The first-order valence-electron chi connectivity index (χ1n) is 6.71. The van der Waals surface area contributed by atoms with Crippen LogP contribution in [0.4, 0.5) is 5.82 Å². The molecule has 6 heteroatoms. The lowest BCUT2D eigenvalue weighted by Crippen LogP contribution is -2.40. The zero-order valence-electron chi connectivity index (χ0n) is 11.5. The summed E-state index contributed by atoms with van der Waals surface area (Å²) < 4.78 is 1.00. The molecule has 1 aliphatic rings. The van der Waals surface area contributed by atoms with Crippen molar-refractivity contribution in [2.75, 3.05) is 5.32 Å². The second-order valence-electron chi connectivity index (χ2n) is 5.63. The highest BCUT2D eigenvalue weighted by Gasteiger charge is 2.45. The van der Waals surface area contributed by atoms with Crippen LogP contribution < -0.4 is 5.32 Å². The van der Waals surface area contributed by atoms with E-state index >= 15 is 0 Å². The van der Waals surface area contributed by atoms with Crippen molar-refractivity contribution in [2.45, 2.75) is 39.2 Å². The number of aliphatic carboxylic acids is 1. The number of anilines is 1. The molecule has 20 heavy (non-hydrogen) atoms. The van der Waals surface area contributed by atoms with Crippen molar-refractivity contribution < 1.29 is 9.90 Å². The maximum atomic E-state index is 11.5. The Balaban J connectivity index is 1.95. The maximum Gasteiger partial charge on any atom is 0.311 e. The number of carboxylic acids is 1. The topological polar surface area (TPSA) is 75.1 Å². The van der Waals surface area contributed by atoms with Gasteiger partial charge in [0.25, 0.3) is 0 Å². The third kappa shape index (κ3) is 1.95. The molecule has 0 aliphatic heterocycles. The molecule has 0 amide bonds. The molecule has 1 aliphatic carbocycles. The van der Waals surface area contributed by atoms with E-state index < -0.39 is 11.4 Å². The van der Waals surface area contributed by atoms with Gasteiger partial charge in [-0.3, -0.25) is 4.79 Å². The number of nitrogens with one attached hydrogen (secondary N) is 1. The van der Waals surface area contributed by atoms with Crippen LogP contribution in [0.2, 0.25) is 0 Å². The molecular weight excluding hydrogens is 274 g/mol. The van der Waals surface area contributed by atoms with Gasteiger partial charge in [0.2, 0.25) is 0 Å². The summed E-state index contributed by atoms with van der Waals surface area (Å²) in [4.78, 5) is 20.1. The molecule has 0 bridgehead atoms. The Labute approximate surface area is 121 Å². The Bertz CT molecular complexity index is 669. The highest BCUT2D eigenvalue weighted by atomic mass is 32.1. The smallest absolute Gasteiger partial charge is 0.311 e. The molecule has 0 aromatic carbocycles. The molecule has 2 aromatic rings. The molecule has 1 fully saturated rings. The average molecular weight is 291 g/mol. The summed E-state index contributed by atoms with van der Waals surface area (Å²) in [5.74, 6) is 0.0210. The second kappa shape index (κ2) is 4.70. The van der Waals surface area contributed by atoms with Crippen LogP contribution in [0.1, 0.15) is 31.7 Å². The predicted octanol–water partition coefficient (Wildman–Crippen LogP) is 3.06. The van der Waals surface area contributed by atoms with Gasteiger partial charge in [0.15, 0.2) is 0 Å². The van der Waals surface area contributed by atoms with E-state index in [-0.39, 0.29) is 6.04 Å². The Hall–Kier alpha value is -1.69. The van der Waals surface area contributed by atoms with Gasteiger partial charge in [0.1, 0.15) is 12.1 Å². The van der Waals surface area contributed by atoms with Crippen LogP contribution in [0, 0.1) is 12.3 Å². The molecule has 0 saturated heterocycles. The minimum Gasteiger partial charge on any atom is -0.481 e. The Kier molecular flexibility index (Phi) is 3.12. The predicted molar refractivity (Wildman–Crippen MR) is 79.2 cm³/mol. The van der Waals surface area contributed by atoms with Crippen molar-refractivity contribution in [1.82, 2.24) is 9.97 Å². The Morgan fingerprint density at radius 2 is 2.35 bits per heavy atom. The minimum absolute atomic E-state index is 0.0829. The summed E-state index contributed by atoms with van der Waals surface area (Å²) in [7, 11) is 0. The molecule has 1 saturated carbocycles. The van der Waals surface area contributed by atoms with Gasteiger partial charge in [-0.15, -0.1) is 11.3 Å². The van der Waals surface area contributed by atoms with Gasteiger partial charge in [0.05, 0.1) is 15.6 Å². The van der Waals surface area contributed by atoms with Crippen LogP contribution in [-0.2, 0) is 4.79 Å². The molecule has 2 unspecified atom stereocenters. The average Bonchev–Trinajstić information content (AvgIpc) is 2.97. The van der Waals surface area contributed by atoms with E-state index in [1.54, 1.807) is 11.3 Å². The number of nitrogens with zero attached hydrogens (tertiary/aromatic N) is 2. The van der Waals surface area contributed by atoms with Crippen LogP contribution in [0.3, 0.4) is 0 Å². The maximum absolute atomic E-state index is 11.5. The monoisotopic (exact) mass is 291 g/mol. The quantitative estimate of drug-likeness (QED) is 0.909. The molecule has 2 heterocycles. The fourth-order valence-electron chi connectivity index (χ4n) is 2.89. The Morgan fingerprint density at radius 3 is 3.10 bits per heavy atom. The largest absolute Gasteiger partial charge is 0.481 e. The highest BCUT2D eigenvalue weighted by Crippen LogP contribution is 2.41. The van der Waals surface area contributed by atoms with Crippen molar-refractivity contribution in [3.63, 3.8) is 0 Å². The summed E-state index contributed by atoms with van der Waals surface area (Å²) in [5.41, 5.74) is 1.36. The summed E-state index contributed by atoms with van der Waals surface area (Å²) in [6.45, 7) is 3.84. The molecular formula is C14H17N3O2S. The standard InChI is InChI=1S/C14H17N3O2S/c1-8-6-20-11-10(8)15-7-16-12(11)17-9-4-3-5-14(9,2)13(18)19/h6-7,9H,3-5H2,1-2H3,(H,18,19)(H,15,16,17). The van der Waals surface area contributed by atoms with Crippen molar-refractivity contribution in [3.8, 4) is 0 Å². The van der Waals surface area contributed by atoms with Gasteiger partial charge >= 0.3 is 5.97 Å². The van der Waals surface area contributed by atoms with Crippen LogP contribution in [-0.4, -0.2) is 27.1 Å².